The molecule has 0 radical (unpaired) electrons. The topological polar surface area (TPSA) is 69.8 Å². The number of aryl methyl sites for hydroxylation is 2. The van der Waals surface area contributed by atoms with Crippen molar-refractivity contribution >= 4 is 11.8 Å². The van der Waals surface area contributed by atoms with Crippen LogP contribution in [0.15, 0.2) is 34.3 Å². The maximum atomic E-state index is 9.82. The van der Waals surface area contributed by atoms with Gasteiger partial charge in [0.15, 0.2) is 5.16 Å². The number of benzene rings is 1. The minimum absolute atomic E-state index is 0.557. The molecule has 1 atom stereocenters. The summed E-state index contributed by atoms with van der Waals surface area (Å²) < 4.78 is 0. The third-order valence-electron chi connectivity index (χ3n) is 2.76. The largest absolute Gasteiger partial charge is 0.389 e. The first-order valence-corrected chi connectivity index (χ1v) is 7.03. The number of nitrogens with zero attached hydrogens (tertiary/aromatic N) is 3. The molecule has 0 saturated carbocycles. The molecule has 5 heteroatoms. The fraction of sp³-hybridized carbons (Fsp3) is 0.267. The summed E-state index contributed by atoms with van der Waals surface area (Å²) >= 11 is 1.37. The van der Waals surface area contributed by atoms with Gasteiger partial charge >= 0.3 is 0 Å². The molecule has 0 amide bonds. The molecule has 20 heavy (non-hydrogen) atoms. The molecular formula is C15H15N3OS. The van der Waals surface area contributed by atoms with Crippen LogP contribution in [-0.2, 0) is 0 Å². The second kappa shape index (κ2) is 6.04. The zero-order valence-electron chi connectivity index (χ0n) is 11.6. The molecule has 0 aliphatic rings. The minimum atomic E-state index is -0.601. The van der Waals surface area contributed by atoms with Crippen LogP contribution in [0.25, 0.3) is 0 Å². The van der Waals surface area contributed by atoms with Crippen LogP contribution in [0, 0.1) is 25.2 Å². The maximum absolute atomic E-state index is 9.82. The van der Waals surface area contributed by atoms with Crippen molar-refractivity contribution in [2.24, 2.45) is 0 Å². The summed E-state index contributed by atoms with van der Waals surface area (Å²) in [5, 5.41) is 19.4. The van der Waals surface area contributed by atoms with Crippen LogP contribution in [0.2, 0.25) is 0 Å². The van der Waals surface area contributed by atoms with Gasteiger partial charge in [-0.3, -0.25) is 0 Å². The summed E-state index contributed by atoms with van der Waals surface area (Å²) in [6.45, 7) is 5.54. The van der Waals surface area contributed by atoms with Gasteiger partial charge in [-0.25, -0.2) is 9.97 Å². The van der Waals surface area contributed by atoms with E-state index in [1.165, 1.54) is 11.8 Å². The lowest BCUT2D eigenvalue weighted by molar-refractivity contribution is 0.196. The van der Waals surface area contributed by atoms with Crippen LogP contribution in [0.5, 0.6) is 0 Å². The number of hydrogen-bond acceptors (Lipinski definition) is 5. The molecule has 1 N–H and O–H groups in total. The lowest BCUT2D eigenvalue weighted by atomic mass is 10.1. The molecule has 102 valence electrons. The Balaban J connectivity index is 2.43. The Bertz CT molecular complexity index is 657. The molecule has 1 aromatic heterocycles. The minimum Gasteiger partial charge on any atom is -0.389 e. The van der Waals surface area contributed by atoms with Gasteiger partial charge in [-0.05, 0) is 56.3 Å². The molecule has 0 aliphatic heterocycles. The van der Waals surface area contributed by atoms with E-state index in [9.17, 15) is 5.11 Å². The summed E-state index contributed by atoms with van der Waals surface area (Å²) in [4.78, 5) is 9.55. The highest BCUT2D eigenvalue weighted by atomic mass is 32.2. The monoisotopic (exact) mass is 285 g/mol. The normalized spacial score (nSPS) is 11.9. The van der Waals surface area contributed by atoms with Gasteiger partial charge in [-0.2, -0.15) is 5.26 Å². The van der Waals surface area contributed by atoms with E-state index in [0.717, 1.165) is 21.8 Å². The SMILES string of the molecule is Cc1cc(C)nc(Sc2cc(C#N)ccc2[C@@H](C)O)n1. The summed E-state index contributed by atoms with van der Waals surface area (Å²) in [6.07, 6.45) is -0.601. The molecule has 4 nitrogen and oxygen atoms in total. The summed E-state index contributed by atoms with van der Waals surface area (Å²) in [6, 6.07) is 9.25. The van der Waals surface area contributed by atoms with Crippen LogP contribution >= 0.6 is 11.8 Å². The second-order valence-corrected chi connectivity index (χ2v) is 5.58. The molecule has 1 aromatic carbocycles. The maximum Gasteiger partial charge on any atom is 0.192 e. The predicted octanol–water partition coefficient (Wildman–Crippen LogP) is 3.17. The summed E-state index contributed by atoms with van der Waals surface area (Å²) in [5.74, 6) is 0. The van der Waals surface area contributed by atoms with Crippen molar-refractivity contribution in [1.82, 2.24) is 9.97 Å². The van der Waals surface area contributed by atoms with Gasteiger partial charge in [-0.15, -0.1) is 0 Å². The number of aliphatic hydroxyl groups excluding tert-OH is 1. The highest BCUT2D eigenvalue weighted by Gasteiger charge is 2.12. The Hall–Kier alpha value is -1.90. The number of aliphatic hydroxyl groups is 1. The number of hydrogen-bond donors (Lipinski definition) is 1. The Morgan fingerprint density at radius 2 is 1.85 bits per heavy atom. The van der Waals surface area contributed by atoms with Gasteiger partial charge in [-0.1, -0.05) is 6.07 Å². The number of rotatable bonds is 3. The fourth-order valence-electron chi connectivity index (χ4n) is 1.88. The second-order valence-electron chi connectivity index (χ2n) is 4.58. The van der Waals surface area contributed by atoms with Crippen LogP contribution in [0.4, 0.5) is 0 Å². The molecule has 0 unspecified atom stereocenters. The van der Waals surface area contributed by atoms with Gasteiger partial charge in [0.2, 0.25) is 0 Å². The van der Waals surface area contributed by atoms with Crippen molar-refractivity contribution in [2.45, 2.75) is 36.9 Å². The Morgan fingerprint density at radius 1 is 1.20 bits per heavy atom. The fourth-order valence-corrected chi connectivity index (χ4v) is 2.99. The lowest BCUT2D eigenvalue weighted by Crippen LogP contribution is -1.97. The molecule has 0 bridgehead atoms. The van der Waals surface area contributed by atoms with E-state index in [1.807, 2.05) is 19.9 Å². The third-order valence-corrected chi connectivity index (χ3v) is 3.69. The molecule has 0 aliphatic carbocycles. The van der Waals surface area contributed by atoms with Crippen molar-refractivity contribution in [3.05, 3.63) is 46.8 Å². The molecule has 2 rings (SSSR count). The zero-order valence-corrected chi connectivity index (χ0v) is 12.4. The molecule has 0 fully saturated rings. The Labute approximate surface area is 122 Å². The standard InChI is InChI=1S/C15H15N3OS/c1-9-6-10(2)18-15(17-9)20-14-7-12(8-16)4-5-13(14)11(3)19/h4-7,11,19H,1-3H3/t11-/m1/s1. The average Bonchev–Trinajstić information content (AvgIpc) is 2.37. The molecule has 0 saturated heterocycles. The lowest BCUT2D eigenvalue weighted by Gasteiger charge is -2.11. The van der Waals surface area contributed by atoms with Gasteiger partial charge in [0.1, 0.15) is 0 Å². The van der Waals surface area contributed by atoms with Crippen LogP contribution in [-0.4, -0.2) is 15.1 Å². The molecular weight excluding hydrogens is 270 g/mol. The van der Waals surface area contributed by atoms with Crippen molar-refractivity contribution in [3.63, 3.8) is 0 Å². The zero-order chi connectivity index (χ0) is 14.7. The molecule has 0 spiro atoms. The summed E-state index contributed by atoms with van der Waals surface area (Å²) in [7, 11) is 0. The Kier molecular flexibility index (Phi) is 4.38. The van der Waals surface area contributed by atoms with Crippen LogP contribution in [0.1, 0.15) is 35.5 Å². The van der Waals surface area contributed by atoms with Gasteiger partial charge < -0.3 is 5.11 Å². The van der Waals surface area contributed by atoms with E-state index >= 15 is 0 Å². The van der Waals surface area contributed by atoms with Crippen molar-refractivity contribution < 1.29 is 5.11 Å². The molecule has 2 aromatic rings. The Morgan fingerprint density at radius 3 is 2.40 bits per heavy atom. The van der Waals surface area contributed by atoms with E-state index in [0.29, 0.717) is 10.7 Å². The summed E-state index contributed by atoms with van der Waals surface area (Å²) in [5.41, 5.74) is 3.13. The van der Waals surface area contributed by atoms with E-state index in [2.05, 4.69) is 16.0 Å². The first-order chi connectivity index (χ1) is 9.49. The van der Waals surface area contributed by atoms with E-state index in [4.69, 9.17) is 5.26 Å². The van der Waals surface area contributed by atoms with Crippen molar-refractivity contribution in [2.75, 3.05) is 0 Å². The average molecular weight is 285 g/mol. The highest BCUT2D eigenvalue weighted by molar-refractivity contribution is 7.99. The quantitative estimate of drug-likeness (QED) is 0.877. The first kappa shape index (κ1) is 14.5. The van der Waals surface area contributed by atoms with Gasteiger partial charge in [0, 0.05) is 16.3 Å². The number of nitriles is 1. The number of aromatic nitrogens is 2. The smallest absolute Gasteiger partial charge is 0.192 e. The van der Waals surface area contributed by atoms with Crippen molar-refractivity contribution in [3.8, 4) is 6.07 Å². The van der Waals surface area contributed by atoms with E-state index in [-0.39, 0.29) is 0 Å². The van der Waals surface area contributed by atoms with Gasteiger partial charge in [0.05, 0.1) is 17.7 Å². The van der Waals surface area contributed by atoms with Crippen LogP contribution in [0.3, 0.4) is 0 Å². The molecule has 1 heterocycles. The third kappa shape index (κ3) is 3.35. The van der Waals surface area contributed by atoms with Crippen molar-refractivity contribution in [1.29, 1.82) is 5.26 Å². The predicted molar refractivity (Wildman–Crippen MR) is 77.4 cm³/mol. The first-order valence-electron chi connectivity index (χ1n) is 6.22. The van der Waals surface area contributed by atoms with Crippen LogP contribution < -0.4 is 0 Å². The van der Waals surface area contributed by atoms with E-state index < -0.39 is 6.10 Å². The van der Waals surface area contributed by atoms with Gasteiger partial charge in [0.25, 0.3) is 0 Å². The van der Waals surface area contributed by atoms with E-state index in [1.54, 1.807) is 25.1 Å². The highest BCUT2D eigenvalue weighted by Crippen LogP contribution is 2.32.